The molecule has 0 aromatic carbocycles. The number of aliphatic imine (C=N–C) groups is 1. The van der Waals surface area contributed by atoms with Crippen LogP contribution in [0.4, 0.5) is 0 Å². The predicted octanol–water partition coefficient (Wildman–Crippen LogP) is 5.95. The topological polar surface area (TPSA) is 35.7 Å². The standard InChI is InChI=1S/C22H35N2OS/c1-15-7-8-17-16(13-15)18(9-11-21(17,4)23-6)22(5)12-10-19(25-22)20(2,3)24-14-26/h13,16-19H,7-12H2,1-6H3/q-1. The third-order valence-electron chi connectivity index (χ3n) is 7.75. The highest BCUT2D eigenvalue weighted by molar-refractivity contribution is 7.78. The van der Waals surface area contributed by atoms with Gasteiger partial charge in [0.25, 0.3) is 0 Å². The Morgan fingerprint density at radius 3 is 2.62 bits per heavy atom. The third kappa shape index (κ3) is 3.46. The summed E-state index contributed by atoms with van der Waals surface area (Å²) in [6.07, 6.45) is 9.69. The summed E-state index contributed by atoms with van der Waals surface area (Å²) in [4.78, 5) is 4.39. The second kappa shape index (κ2) is 7.13. The minimum Gasteiger partial charge on any atom is -0.659 e. The molecule has 6 atom stereocenters. The fourth-order valence-electron chi connectivity index (χ4n) is 5.86. The molecule has 4 heteroatoms. The van der Waals surface area contributed by atoms with Crippen molar-refractivity contribution < 1.29 is 4.74 Å². The molecule has 1 saturated heterocycles. The van der Waals surface area contributed by atoms with Gasteiger partial charge in [-0.25, -0.2) is 4.99 Å². The lowest BCUT2D eigenvalue weighted by atomic mass is 9.56. The Morgan fingerprint density at radius 1 is 1.23 bits per heavy atom. The SMILES string of the molecule is C[N-]C1(C)CCC(C2(C)CCC(C(C)(C)N=C=S)O2)C2C=C(C)CCC21. The maximum atomic E-state index is 6.75. The normalized spacial score (nSPS) is 43.4. The van der Waals surface area contributed by atoms with Crippen LogP contribution in [-0.4, -0.2) is 35.0 Å². The molecule has 3 nitrogen and oxygen atoms in total. The Morgan fingerprint density at radius 2 is 1.96 bits per heavy atom. The molecule has 1 saturated carbocycles. The fourth-order valence-corrected chi connectivity index (χ4v) is 6.10. The largest absolute Gasteiger partial charge is 0.659 e. The summed E-state index contributed by atoms with van der Waals surface area (Å²) in [5.74, 6) is 1.78. The number of hydrogen-bond donors (Lipinski definition) is 0. The fraction of sp³-hybridized carbons (Fsp3) is 0.864. The van der Waals surface area contributed by atoms with Crippen molar-refractivity contribution in [3.8, 4) is 0 Å². The van der Waals surface area contributed by atoms with Crippen molar-refractivity contribution in [2.24, 2.45) is 22.7 Å². The molecule has 0 radical (unpaired) electrons. The second-order valence-corrected chi connectivity index (χ2v) is 9.96. The number of fused-ring (bicyclic) bond motifs is 1. The van der Waals surface area contributed by atoms with Crippen LogP contribution >= 0.6 is 12.2 Å². The number of hydrogen-bond acceptors (Lipinski definition) is 3. The molecule has 0 bridgehead atoms. The van der Waals surface area contributed by atoms with Crippen LogP contribution < -0.4 is 0 Å². The van der Waals surface area contributed by atoms with Crippen LogP contribution in [0.3, 0.4) is 0 Å². The maximum Gasteiger partial charge on any atom is 0.0915 e. The summed E-state index contributed by atoms with van der Waals surface area (Å²) in [5.41, 5.74) is 1.29. The van der Waals surface area contributed by atoms with E-state index in [1.54, 1.807) is 5.57 Å². The van der Waals surface area contributed by atoms with Gasteiger partial charge in [0, 0.05) is 0 Å². The van der Waals surface area contributed by atoms with Crippen molar-refractivity contribution in [3.63, 3.8) is 0 Å². The number of ether oxygens (including phenoxy) is 1. The van der Waals surface area contributed by atoms with Crippen LogP contribution in [0.2, 0.25) is 0 Å². The van der Waals surface area contributed by atoms with Crippen molar-refractivity contribution in [1.82, 2.24) is 0 Å². The highest BCUT2D eigenvalue weighted by Gasteiger charge is 2.53. The second-order valence-electron chi connectivity index (χ2n) is 9.78. The van der Waals surface area contributed by atoms with Crippen molar-refractivity contribution in [1.29, 1.82) is 0 Å². The number of nitrogens with zero attached hydrogens (tertiary/aromatic N) is 2. The monoisotopic (exact) mass is 375 g/mol. The summed E-state index contributed by atoms with van der Waals surface area (Å²) in [6, 6.07) is 0. The highest BCUT2D eigenvalue weighted by Crippen LogP contribution is 2.56. The Kier molecular flexibility index (Phi) is 5.54. The lowest BCUT2D eigenvalue weighted by Crippen LogP contribution is -2.53. The van der Waals surface area contributed by atoms with E-state index in [0.717, 1.165) is 12.8 Å². The molecule has 1 heterocycles. The first-order chi connectivity index (χ1) is 12.1. The first-order valence-electron chi connectivity index (χ1n) is 10.2. The van der Waals surface area contributed by atoms with Crippen LogP contribution in [0.15, 0.2) is 16.6 Å². The molecule has 0 spiro atoms. The minimum absolute atomic E-state index is 0.0784. The van der Waals surface area contributed by atoms with E-state index in [2.05, 4.69) is 50.8 Å². The van der Waals surface area contributed by atoms with Gasteiger partial charge in [-0.2, -0.15) is 7.05 Å². The summed E-state index contributed by atoms with van der Waals surface area (Å²) >= 11 is 4.86. The van der Waals surface area contributed by atoms with Gasteiger partial charge in [0.15, 0.2) is 0 Å². The molecule has 0 N–H and O–H groups in total. The highest BCUT2D eigenvalue weighted by atomic mass is 32.1. The minimum atomic E-state index is -0.292. The van der Waals surface area contributed by atoms with Crippen LogP contribution in [0, 0.1) is 17.8 Å². The van der Waals surface area contributed by atoms with E-state index >= 15 is 0 Å². The van der Waals surface area contributed by atoms with Gasteiger partial charge in [-0.3, -0.25) is 0 Å². The van der Waals surface area contributed by atoms with Crippen LogP contribution in [0.1, 0.15) is 73.1 Å². The zero-order chi connectivity index (χ0) is 19.2. The van der Waals surface area contributed by atoms with E-state index in [0.29, 0.717) is 17.8 Å². The molecule has 146 valence electrons. The summed E-state index contributed by atoms with van der Waals surface area (Å²) < 4.78 is 6.75. The van der Waals surface area contributed by atoms with Gasteiger partial charge in [0.2, 0.25) is 0 Å². The molecule has 0 amide bonds. The van der Waals surface area contributed by atoms with E-state index in [1.165, 1.54) is 25.7 Å². The maximum absolute atomic E-state index is 6.75. The van der Waals surface area contributed by atoms with E-state index in [1.807, 2.05) is 7.05 Å². The van der Waals surface area contributed by atoms with Crippen LogP contribution in [0.25, 0.3) is 5.32 Å². The van der Waals surface area contributed by atoms with Crippen LogP contribution in [0.5, 0.6) is 0 Å². The molecular weight excluding hydrogens is 340 g/mol. The van der Waals surface area contributed by atoms with Crippen LogP contribution in [-0.2, 0) is 4.74 Å². The van der Waals surface area contributed by atoms with Gasteiger partial charge >= 0.3 is 0 Å². The zero-order valence-electron chi connectivity index (χ0n) is 17.3. The summed E-state index contributed by atoms with van der Waals surface area (Å²) in [5, 5.41) is 7.41. The Labute approximate surface area is 165 Å². The molecule has 0 aromatic rings. The van der Waals surface area contributed by atoms with Gasteiger partial charge in [0.05, 0.1) is 22.4 Å². The molecule has 2 aliphatic carbocycles. The molecular formula is C22H35N2OS-. The Hall–Kier alpha value is -0.540. The van der Waals surface area contributed by atoms with E-state index in [-0.39, 0.29) is 22.8 Å². The number of allylic oxidation sites excluding steroid dienone is 2. The quantitative estimate of drug-likeness (QED) is 0.346. The Balaban J connectivity index is 1.86. The van der Waals surface area contributed by atoms with E-state index in [4.69, 9.17) is 22.3 Å². The Bertz CT molecular complexity index is 624. The number of rotatable bonds is 4. The molecule has 0 aromatic heterocycles. The lowest BCUT2D eigenvalue weighted by molar-refractivity contribution is -0.115. The van der Waals surface area contributed by atoms with Crippen molar-refractivity contribution >= 4 is 17.4 Å². The summed E-state index contributed by atoms with van der Waals surface area (Å²) in [6.45, 7) is 11.2. The molecule has 3 rings (SSSR count). The number of isothiocyanates is 1. The first-order valence-corrected chi connectivity index (χ1v) is 10.6. The van der Waals surface area contributed by atoms with Crippen molar-refractivity contribution in [2.75, 3.05) is 7.05 Å². The van der Waals surface area contributed by atoms with Crippen molar-refractivity contribution in [2.45, 2.75) is 95.9 Å². The third-order valence-corrected chi connectivity index (χ3v) is 7.84. The summed E-state index contributed by atoms with van der Waals surface area (Å²) in [7, 11) is 2.01. The number of thiocarbonyl (C=S) groups is 1. The smallest absolute Gasteiger partial charge is 0.0915 e. The molecule has 2 fully saturated rings. The molecule has 1 aliphatic heterocycles. The molecule has 3 aliphatic rings. The zero-order valence-corrected chi connectivity index (χ0v) is 18.2. The predicted molar refractivity (Wildman–Crippen MR) is 112 cm³/mol. The van der Waals surface area contributed by atoms with Gasteiger partial charge in [-0.15, -0.1) is 5.54 Å². The molecule has 26 heavy (non-hydrogen) atoms. The van der Waals surface area contributed by atoms with Gasteiger partial charge in [-0.1, -0.05) is 25.0 Å². The first kappa shape index (κ1) is 20.2. The molecule has 6 unspecified atom stereocenters. The average molecular weight is 376 g/mol. The average Bonchev–Trinajstić information content (AvgIpc) is 2.99. The van der Waals surface area contributed by atoms with E-state index in [9.17, 15) is 0 Å². The van der Waals surface area contributed by atoms with Crippen molar-refractivity contribution in [3.05, 3.63) is 17.0 Å². The van der Waals surface area contributed by atoms with E-state index < -0.39 is 0 Å². The van der Waals surface area contributed by atoms with Gasteiger partial charge in [-0.05, 0) is 89.8 Å². The lowest BCUT2D eigenvalue weighted by Gasteiger charge is -2.60. The van der Waals surface area contributed by atoms with Gasteiger partial charge in [0.1, 0.15) is 0 Å². The van der Waals surface area contributed by atoms with Gasteiger partial charge < -0.3 is 10.1 Å².